The number of nitrogens with zero attached hydrogens (tertiary/aromatic N) is 9. The third-order valence-electron chi connectivity index (χ3n) is 1.12. The number of nitriles is 1. The molecule has 0 bridgehead atoms. The number of azide groups is 2. The molecule has 0 saturated carbocycles. The zero-order valence-corrected chi connectivity index (χ0v) is 8.75. The van der Waals surface area contributed by atoms with Gasteiger partial charge in [-0.15, -0.1) is 0 Å². The van der Waals surface area contributed by atoms with E-state index in [0.29, 0.717) is 13.1 Å². The summed E-state index contributed by atoms with van der Waals surface area (Å²) >= 11 is 0. The first-order valence-corrected chi connectivity index (χ1v) is 4.26. The van der Waals surface area contributed by atoms with Crippen LogP contribution in [0.3, 0.4) is 0 Å². The zero-order chi connectivity index (χ0) is 13.4. The van der Waals surface area contributed by atoms with Crippen molar-refractivity contribution in [2.75, 3.05) is 26.2 Å². The molecule has 0 aromatic rings. The van der Waals surface area contributed by atoms with Gasteiger partial charge in [0, 0.05) is 9.82 Å². The standard InChI is InChI=1S/C4H9N7.CN3O2/c5-10-8-3-1-7-2-4-9-11-6;2-1-3-4(5)6/h7H,1-4H2;/q;-1/p+1. The molecule has 0 atom stereocenters. The smallest absolute Gasteiger partial charge is 0.0971 e. The van der Waals surface area contributed by atoms with Crippen molar-refractivity contribution in [2.24, 2.45) is 10.2 Å². The van der Waals surface area contributed by atoms with E-state index in [9.17, 15) is 0 Å². The first-order valence-electron chi connectivity index (χ1n) is 4.26. The van der Waals surface area contributed by atoms with Gasteiger partial charge in [-0.1, -0.05) is 15.7 Å². The van der Waals surface area contributed by atoms with Gasteiger partial charge in [0.2, 0.25) is 0 Å². The lowest BCUT2D eigenvalue weighted by Gasteiger charge is -1.92. The van der Waals surface area contributed by atoms with Crippen molar-refractivity contribution in [3.8, 4) is 6.19 Å². The maximum atomic E-state index is 9.02. The van der Waals surface area contributed by atoms with Gasteiger partial charge in [-0.2, -0.15) is 0 Å². The van der Waals surface area contributed by atoms with Gasteiger partial charge in [0.05, 0.1) is 31.2 Å². The second-order valence-electron chi connectivity index (χ2n) is 2.21. The predicted molar refractivity (Wildman–Crippen MR) is 55.7 cm³/mol. The molecule has 0 unspecified atom stereocenters. The molecule has 0 fully saturated rings. The zero-order valence-electron chi connectivity index (χ0n) is 8.75. The Bertz CT molecular complexity index is 315. The van der Waals surface area contributed by atoms with Crippen LogP contribution in [-0.4, -0.2) is 31.2 Å². The minimum Gasteiger partial charge on any atom is -0.489 e. The van der Waals surface area contributed by atoms with Crippen LogP contribution in [0.4, 0.5) is 0 Å². The first-order chi connectivity index (χ1) is 8.18. The van der Waals surface area contributed by atoms with Crippen LogP contribution in [0.5, 0.6) is 0 Å². The van der Waals surface area contributed by atoms with Crippen molar-refractivity contribution in [2.45, 2.75) is 0 Å². The quantitative estimate of drug-likeness (QED) is 0.127. The monoisotopic (exact) mass is 242 g/mol. The first kappa shape index (κ1) is 16.7. The van der Waals surface area contributed by atoms with Crippen molar-refractivity contribution >= 4 is 0 Å². The van der Waals surface area contributed by atoms with Gasteiger partial charge in [-0.25, -0.2) is 0 Å². The largest absolute Gasteiger partial charge is 0.489 e. The average Bonchev–Trinajstić information content (AvgIpc) is 2.29. The lowest BCUT2D eigenvalue weighted by molar-refractivity contribution is -0.650. The highest BCUT2D eigenvalue weighted by Crippen LogP contribution is 1.75. The average molecular weight is 242 g/mol. The summed E-state index contributed by atoms with van der Waals surface area (Å²) in [7, 11) is 0. The molecule has 12 nitrogen and oxygen atoms in total. The van der Waals surface area contributed by atoms with E-state index >= 15 is 0 Å². The highest BCUT2D eigenvalue weighted by Gasteiger charge is 1.86. The molecular formula is C5H10N10O2. The van der Waals surface area contributed by atoms with E-state index in [2.05, 4.69) is 25.5 Å². The Hall–Kier alpha value is -2.73. The van der Waals surface area contributed by atoms with Crippen molar-refractivity contribution in [3.05, 3.63) is 36.4 Å². The van der Waals surface area contributed by atoms with E-state index < -0.39 is 5.03 Å². The Morgan fingerprint density at radius 1 is 1.35 bits per heavy atom. The minimum absolute atomic E-state index is 0.479. The van der Waals surface area contributed by atoms with Gasteiger partial charge in [-0.3, -0.25) is 10.1 Å². The normalized spacial score (nSPS) is 7.24. The Labute approximate surface area is 95.6 Å². The molecule has 12 heteroatoms. The lowest BCUT2D eigenvalue weighted by Crippen LogP contribution is -2.85. The van der Waals surface area contributed by atoms with Gasteiger partial charge in [-0.05, 0) is 17.3 Å². The fourth-order valence-electron chi connectivity index (χ4n) is 0.568. The number of hydrogen-bond acceptors (Lipinski definition) is 5. The summed E-state index contributed by atoms with van der Waals surface area (Å²) in [5, 5.41) is 23.9. The molecule has 2 N–H and O–H groups in total. The molecule has 0 spiro atoms. The molecule has 0 rings (SSSR count). The highest BCUT2D eigenvalue weighted by molar-refractivity contribution is 4.83. The van der Waals surface area contributed by atoms with Crippen LogP contribution < -0.4 is 5.32 Å². The molecule has 92 valence electrons. The maximum absolute atomic E-state index is 9.02. The topological polar surface area (TPSA) is 195 Å². The molecule has 0 aromatic heterocycles. The van der Waals surface area contributed by atoms with Crippen LogP contribution in [0, 0.1) is 21.6 Å². The summed E-state index contributed by atoms with van der Waals surface area (Å²) in [5.41, 5.74) is 17.9. The number of hydrogen-bond donors (Lipinski definition) is 1. The number of nitro groups is 1. The Morgan fingerprint density at radius 2 is 1.82 bits per heavy atom. The highest BCUT2D eigenvalue weighted by atomic mass is 16.7. The van der Waals surface area contributed by atoms with Gasteiger partial charge >= 0.3 is 0 Å². The summed E-state index contributed by atoms with van der Waals surface area (Å²) in [6.07, 6.45) is 0.993. The Kier molecular flexibility index (Phi) is 15.4. The van der Waals surface area contributed by atoms with E-state index in [1.54, 1.807) is 0 Å². The van der Waals surface area contributed by atoms with Crippen LogP contribution in [0.15, 0.2) is 10.2 Å². The maximum Gasteiger partial charge on any atom is 0.0971 e. The second-order valence-corrected chi connectivity index (χ2v) is 2.21. The molecule has 0 amide bonds. The molecular weight excluding hydrogens is 232 g/mol. The SMILES string of the molecule is N#C[N-][N+](=O)[O-].[N-]=[N+]=NCC[NH2+]CCN=[N+]=[N-]. The Morgan fingerprint density at radius 3 is 2.06 bits per heavy atom. The molecule has 0 aliphatic carbocycles. The van der Waals surface area contributed by atoms with E-state index in [0.717, 1.165) is 19.3 Å². The van der Waals surface area contributed by atoms with Crippen LogP contribution in [-0.2, 0) is 0 Å². The summed E-state index contributed by atoms with van der Waals surface area (Å²) in [6, 6.07) is 0. The molecule has 0 radical (unpaired) electrons. The van der Waals surface area contributed by atoms with Gasteiger partial charge in [0.1, 0.15) is 0 Å². The molecule has 0 aliphatic heterocycles. The van der Waals surface area contributed by atoms with Crippen LogP contribution in [0.2, 0.25) is 0 Å². The van der Waals surface area contributed by atoms with Gasteiger partial charge in [0.25, 0.3) is 0 Å². The molecule has 0 saturated heterocycles. The summed E-state index contributed by atoms with van der Waals surface area (Å²) < 4.78 is 0. The molecule has 17 heavy (non-hydrogen) atoms. The van der Waals surface area contributed by atoms with Crippen molar-refractivity contribution in [3.63, 3.8) is 0 Å². The van der Waals surface area contributed by atoms with Crippen LogP contribution >= 0.6 is 0 Å². The molecule has 0 aromatic carbocycles. The van der Waals surface area contributed by atoms with Crippen LogP contribution in [0.25, 0.3) is 26.3 Å². The van der Waals surface area contributed by atoms with E-state index in [1.165, 1.54) is 0 Å². The van der Waals surface area contributed by atoms with Gasteiger partial charge < -0.3 is 10.6 Å². The fraction of sp³-hybridized carbons (Fsp3) is 0.800. The lowest BCUT2D eigenvalue weighted by atomic mass is 10.6. The van der Waals surface area contributed by atoms with Crippen LogP contribution in [0.1, 0.15) is 0 Å². The van der Waals surface area contributed by atoms with Crippen molar-refractivity contribution < 1.29 is 10.3 Å². The van der Waals surface area contributed by atoms with E-state index in [4.69, 9.17) is 26.4 Å². The third-order valence-corrected chi connectivity index (χ3v) is 1.12. The molecule has 0 aliphatic rings. The summed E-state index contributed by atoms with van der Waals surface area (Å²) in [5.74, 6) is 0. The number of quaternary nitrogens is 1. The van der Waals surface area contributed by atoms with Crippen molar-refractivity contribution in [1.82, 2.24) is 0 Å². The number of nitrogens with two attached hydrogens (primary N) is 1. The second kappa shape index (κ2) is 15.7. The van der Waals surface area contributed by atoms with E-state index in [1.807, 2.05) is 5.32 Å². The van der Waals surface area contributed by atoms with E-state index in [-0.39, 0.29) is 0 Å². The third kappa shape index (κ3) is 24.6. The van der Waals surface area contributed by atoms with Crippen molar-refractivity contribution in [1.29, 1.82) is 5.26 Å². The number of rotatable bonds is 7. The minimum atomic E-state index is -1.06. The predicted octanol–water partition coefficient (Wildman–Crippen LogP) is 0.203. The molecule has 0 heterocycles. The summed E-state index contributed by atoms with van der Waals surface area (Å²) in [4.78, 5) is 14.2. The summed E-state index contributed by atoms with van der Waals surface area (Å²) in [6.45, 7) is 2.44. The van der Waals surface area contributed by atoms with Gasteiger partial charge in [0.15, 0.2) is 0 Å². The fourth-order valence-corrected chi connectivity index (χ4v) is 0.568. The Balaban J connectivity index is 0.